The molecule has 2 rings (SSSR count). The zero-order valence-corrected chi connectivity index (χ0v) is 10.5. The molecule has 1 aromatic heterocycles. The summed E-state index contributed by atoms with van der Waals surface area (Å²) in [5.41, 5.74) is -0.121. The number of pyridine rings is 1. The zero-order valence-electron chi connectivity index (χ0n) is 10.5. The minimum atomic E-state index is -1.18. The first-order valence-electron chi connectivity index (χ1n) is 6.40. The molecule has 0 aromatic carbocycles. The lowest BCUT2D eigenvalue weighted by molar-refractivity contribution is 0.0696. The van der Waals surface area contributed by atoms with Crippen LogP contribution in [0, 0.1) is 5.82 Å². The van der Waals surface area contributed by atoms with E-state index in [9.17, 15) is 9.18 Å². The molecule has 2 N–H and O–H groups in total. The summed E-state index contributed by atoms with van der Waals surface area (Å²) in [5.74, 6) is -1.54. The van der Waals surface area contributed by atoms with Gasteiger partial charge >= 0.3 is 5.97 Å². The van der Waals surface area contributed by atoms with E-state index >= 15 is 0 Å². The number of aromatic carboxylic acids is 1. The van der Waals surface area contributed by atoms with Crippen molar-refractivity contribution in [1.82, 2.24) is 4.98 Å². The van der Waals surface area contributed by atoms with Crippen molar-refractivity contribution in [2.75, 3.05) is 18.1 Å². The number of nitrogens with zero attached hydrogens (tertiary/aromatic N) is 2. The van der Waals surface area contributed by atoms with E-state index in [1.807, 2.05) is 4.90 Å². The molecule has 19 heavy (non-hydrogen) atoms. The van der Waals surface area contributed by atoms with Crippen molar-refractivity contribution in [1.29, 1.82) is 0 Å². The Labute approximate surface area is 110 Å². The highest BCUT2D eigenvalue weighted by Crippen LogP contribution is 2.28. The average Bonchev–Trinajstić information content (AvgIpc) is 2.40. The normalized spacial score (nSPS) is 19.5. The van der Waals surface area contributed by atoms with Gasteiger partial charge in [-0.15, -0.1) is 0 Å². The summed E-state index contributed by atoms with van der Waals surface area (Å²) in [4.78, 5) is 17.0. The van der Waals surface area contributed by atoms with Crippen LogP contribution in [-0.2, 0) is 0 Å². The molecule has 0 saturated carbocycles. The Morgan fingerprint density at radius 1 is 1.53 bits per heavy atom. The standard InChI is InChI=1S/C13H17FN2O3/c14-9-7-11(13(18)19)12(15-8-9)16-5-2-1-3-10(16)4-6-17/h7-8,10,17H,1-6H2,(H,18,19). The Hall–Kier alpha value is -1.69. The highest BCUT2D eigenvalue weighted by atomic mass is 19.1. The number of aliphatic hydroxyl groups is 1. The third kappa shape index (κ3) is 3.01. The van der Waals surface area contributed by atoms with E-state index in [0.29, 0.717) is 18.8 Å². The number of halogens is 1. The minimum absolute atomic E-state index is 0.0464. The summed E-state index contributed by atoms with van der Waals surface area (Å²) in [6.45, 7) is 0.731. The number of carbonyl (C=O) groups is 1. The van der Waals surface area contributed by atoms with Crippen molar-refractivity contribution in [3.63, 3.8) is 0 Å². The van der Waals surface area contributed by atoms with Crippen LogP contribution < -0.4 is 4.90 Å². The largest absolute Gasteiger partial charge is 0.478 e. The van der Waals surface area contributed by atoms with Crippen LogP contribution in [0.5, 0.6) is 0 Å². The maximum absolute atomic E-state index is 13.1. The van der Waals surface area contributed by atoms with Gasteiger partial charge in [0, 0.05) is 19.2 Å². The molecule has 0 spiro atoms. The van der Waals surface area contributed by atoms with Gasteiger partial charge in [-0.3, -0.25) is 0 Å². The molecule has 1 saturated heterocycles. The SMILES string of the molecule is O=C(O)c1cc(F)cnc1N1CCCCC1CCO. The summed E-state index contributed by atoms with van der Waals surface area (Å²) in [5, 5.41) is 18.2. The molecule has 5 nitrogen and oxygen atoms in total. The Morgan fingerprint density at radius 3 is 3.00 bits per heavy atom. The predicted octanol–water partition coefficient (Wildman–Crippen LogP) is 1.66. The quantitative estimate of drug-likeness (QED) is 0.868. The van der Waals surface area contributed by atoms with Gasteiger partial charge in [0.05, 0.1) is 6.20 Å². The third-order valence-electron chi connectivity index (χ3n) is 3.43. The van der Waals surface area contributed by atoms with Crippen molar-refractivity contribution < 1.29 is 19.4 Å². The molecule has 1 aliphatic heterocycles. The molecule has 6 heteroatoms. The molecule has 2 heterocycles. The first-order chi connectivity index (χ1) is 9.13. The van der Waals surface area contributed by atoms with E-state index in [2.05, 4.69) is 4.98 Å². The first kappa shape index (κ1) is 13.7. The van der Waals surface area contributed by atoms with Crippen LogP contribution in [0.3, 0.4) is 0 Å². The summed E-state index contributed by atoms with van der Waals surface area (Å²) in [6.07, 6.45) is 4.48. The van der Waals surface area contributed by atoms with Crippen LogP contribution in [0.15, 0.2) is 12.3 Å². The molecule has 1 unspecified atom stereocenters. The lowest BCUT2D eigenvalue weighted by Gasteiger charge is -2.37. The molecule has 0 bridgehead atoms. The maximum atomic E-state index is 13.1. The number of aromatic nitrogens is 1. The number of anilines is 1. The van der Waals surface area contributed by atoms with E-state index in [-0.39, 0.29) is 18.2 Å². The molecule has 104 valence electrons. The van der Waals surface area contributed by atoms with E-state index in [1.54, 1.807) is 0 Å². The van der Waals surface area contributed by atoms with Crippen molar-refractivity contribution in [3.8, 4) is 0 Å². The van der Waals surface area contributed by atoms with Gasteiger partial charge in [-0.2, -0.15) is 0 Å². The van der Waals surface area contributed by atoms with Crippen molar-refractivity contribution in [2.24, 2.45) is 0 Å². The molecule has 1 aliphatic rings. The summed E-state index contributed by atoms with van der Waals surface area (Å²) in [6, 6.07) is 1.06. The highest BCUT2D eigenvalue weighted by molar-refractivity contribution is 5.93. The Balaban J connectivity index is 2.35. The lowest BCUT2D eigenvalue weighted by atomic mass is 9.99. The number of aliphatic hydroxyl groups excluding tert-OH is 1. The second-order valence-corrected chi connectivity index (χ2v) is 4.69. The van der Waals surface area contributed by atoms with Gasteiger partial charge in [-0.1, -0.05) is 0 Å². The second kappa shape index (κ2) is 5.97. The number of hydrogen-bond donors (Lipinski definition) is 2. The highest BCUT2D eigenvalue weighted by Gasteiger charge is 2.27. The number of hydrogen-bond acceptors (Lipinski definition) is 4. The van der Waals surface area contributed by atoms with Crippen molar-refractivity contribution in [3.05, 3.63) is 23.6 Å². The van der Waals surface area contributed by atoms with Gasteiger partial charge in [0.25, 0.3) is 0 Å². The van der Waals surface area contributed by atoms with E-state index in [0.717, 1.165) is 31.5 Å². The number of rotatable bonds is 4. The van der Waals surface area contributed by atoms with Crippen molar-refractivity contribution >= 4 is 11.8 Å². The van der Waals surface area contributed by atoms with Crippen LogP contribution in [0.2, 0.25) is 0 Å². The van der Waals surface area contributed by atoms with E-state index in [1.165, 1.54) is 0 Å². The smallest absolute Gasteiger partial charge is 0.339 e. The third-order valence-corrected chi connectivity index (χ3v) is 3.43. The lowest BCUT2D eigenvalue weighted by Crippen LogP contribution is -2.41. The fourth-order valence-corrected chi connectivity index (χ4v) is 2.55. The average molecular weight is 268 g/mol. The number of carboxylic acid groups (broad SMARTS) is 1. The van der Waals surface area contributed by atoms with Gasteiger partial charge < -0.3 is 15.1 Å². The van der Waals surface area contributed by atoms with Crippen LogP contribution in [0.1, 0.15) is 36.0 Å². The fourth-order valence-electron chi connectivity index (χ4n) is 2.55. The molecule has 1 atom stereocenters. The number of carboxylic acids is 1. The van der Waals surface area contributed by atoms with Crippen molar-refractivity contribution in [2.45, 2.75) is 31.7 Å². The maximum Gasteiger partial charge on any atom is 0.339 e. The summed E-state index contributed by atoms with van der Waals surface area (Å²) in [7, 11) is 0. The van der Waals surface area contributed by atoms with Gasteiger partial charge in [0.1, 0.15) is 17.2 Å². The van der Waals surface area contributed by atoms with Gasteiger partial charge in [0.2, 0.25) is 0 Å². The second-order valence-electron chi connectivity index (χ2n) is 4.69. The van der Waals surface area contributed by atoms with Gasteiger partial charge in [0.15, 0.2) is 0 Å². The Morgan fingerprint density at radius 2 is 2.32 bits per heavy atom. The topological polar surface area (TPSA) is 73.7 Å². The Bertz CT molecular complexity index is 465. The van der Waals surface area contributed by atoms with Crippen LogP contribution >= 0.6 is 0 Å². The zero-order chi connectivity index (χ0) is 13.8. The van der Waals surface area contributed by atoms with Gasteiger partial charge in [-0.05, 0) is 31.7 Å². The molecule has 0 amide bonds. The van der Waals surface area contributed by atoms with Crippen LogP contribution in [-0.4, -0.2) is 40.4 Å². The number of piperidine rings is 1. The monoisotopic (exact) mass is 268 g/mol. The minimum Gasteiger partial charge on any atom is -0.478 e. The van der Waals surface area contributed by atoms with E-state index in [4.69, 9.17) is 10.2 Å². The fraction of sp³-hybridized carbons (Fsp3) is 0.538. The summed E-state index contributed by atoms with van der Waals surface area (Å²) < 4.78 is 13.1. The summed E-state index contributed by atoms with van der Waals surface area (Å²) >= 11 is 0. The molecule has 0 radical (unpaired) electrons. The molecule has 1 aromatic rings. The Kier molecular flexibility index (Phi) is 4.31. The molecular weight excluding hydrogens is 251 g/mol. The van der Waals surface area contributed by atoms with E-state index < -0.39 is 11.8 Å². The van der Waals surface area contributed by atoms with Crippen LogP contribution in [0.25, 0.3) is 0 Å². The first-order valence-corrected chi connectivity index (χ1v) is 6.40. The molecule has 0 aliphatic carbocycles. The van der Waals surface area contributed by atoms with Crippen LogP contribution in [0.4, 0.5) is 10.2 Å². The predicted molar refractivity (Wildman–Crippen MR) is 67.8 cm³/mol. The molecular formula is C13H17FN2O3. The van der Waals surface area contributed by atoms with Gasteiger partial charge in [-0.25, -0.2) is 14.2 Å². The molecule has 1 fully saturated rings.